The van der Waals surface area contributed by atoms with E-state index in [-0.39, 0.29) is 17.3 Å². The molecule has 0 aromatic rings. The largest absolute Gasteiger partial charge is 0.375 e. The van der Waals surface area contributed by atoms with Gasteiger partial charge in [-0.3, -0.25) is 4.79 Å². The third-order valence-electron chi connectivity index (χ3n) is 4.70. The van der Waals surface area contributed by atoms with Gasteiger partial charge in [-0.1, -0.05) is 19.3 Å². The zero-order valence-corrected chi connectivity index (χ0v) is 12.7. The van der Waals surface area contributed by atoms with E-state index in [0.29, 0.717) is 19.4 Å². The molecule has 0 aromatic heterocycles. The molecule has 1 aliphatic carbocycles. The number of carbonyl (C=O) groups is 1. The molecule has 1 saturated carbocycles. The van der Waals surface area contributed by atoms with Gasteiger partial charge in [0, 0.05) is 18.8 Å². The number of ether oxygens (including phenoxy) is 1. The Morgan fingerprint density at radius 3 is 2.47 bits per heavy atom. The summed E-state index contributed by atoms with van der Waals surface area (Å²) in [5.74, 6) is -0.257. The summed E-state index contributed by atoms with van der Waals surface area (Å²) in [4.78, 5) is 12.3. The number of rotatable bonds is 3. The molecule has 4 nitrogen and oxygen atoms in total. The van der Waals surface area contributed by atoms with Gasteiger partial charge in [0.25, 0.3) is 0 Å². The molecule has 110 valence electrons. The van der Waals surface area contributed by atoms with Gasteiger partial charge in [0.1, 0.15) is 5.25 Å². The van der Waals surface area contributed by atoms with Crippen molar-refractivity contribution in [3.05, 3.63) is 0 Å². The van der Waals surface area contributed by atoms with Crippen LogP contribution in [-0.4, -0.2) is 37.9 Å². The number of hydrogen-bond donors (Lipinski definition) is 0. The van der Waals surface area contributed by atoms with Crippen molar-refractivity contribution in [2.24, 2.45) is 5.92 Å². The molecule has 2 atom stereocenters. The van der Waals surface area contributed by atoms with Gasteiger partial charge in [0.15, 0.2) is 15.6 Å². The molecule has 1 spiro atoms. The summed E-state index contributed by atoms with van der Waals surface area (Å²) in [6.45, 7) is 2.10. The predicted octanol–water partition coefficient (Wildman–Crippen LogP) is 2.12. The molecule has 0 bridgehead atoms. The average Bonchev–Trinajstić information content (AvgIpc) is 2.37. The molecule has 1 aliphatic heterocycles. The van der Waals surface area contributed by atoms with E-state index in [1.165, 1.54) is 13.3 Å². The van der Waals surface area contributed by atoms with Crippen LogP contribution in [0.25, 0.3) is 0 Å². The molecule has 2 unspecified atom stereocenters. The molecular formula is C14H24O4S. The minimum atomic E-state index is -3.28. The van der Waals surface area contributed by atoms with Crippen molar-refractivity contribution < 1.29 is 17.9 Å². The standard InChI is InChI=1S/C14H24O4S/c1-11(19(2,16)17)13(15)12-6-9-18-14(10-12)7-4-3-5-8-14/h11-12H,3-10H2,1-2H3. The Morgan fingerprint density at radius 1 is 1.26 bits per heavy atom. The topological polar surface area (TPSA) is 60.4 Å². The average molecular weight is 288 g/mol. The van der Waals surface area contributed by atoms with Crippen molar-refractivity contribution in [1.29, 1.82) is 0 Å². The molecule has 1 saturated heterocycles. The Kier molecular flexibility index (Phi) is 4.35. The highest BCUT2D eigenvalue weighted by molar-refractivity contribution is 7.92. The summed E-state index contributed by atoms with van der Waals surface area (Å²) < 4.78 is 29.0. The van der Waals surface area contributed by atoms with Crippen molar-refractivity contribution in [3.63, 3.8) is 0 Å². The van der Waals surface area contributed by atoms with Gasteiger partial charge in [0.05, 0.1) is 5.60 Å². The fraction of sp³-hybridized carbons (Fsp3) is 0.929. The van der Waals surface area contributed by atoms with Gasteiger partial charge in [-0.25, -0.2) is 8.42 Å². The molecule has 2 rings (SSSR count). The SMILES string of the molecule is CC(C(=O)C1CCOC2(CCCCC2)C1)S(C)(=O)=O. The first-order chi connectivity index (χ1) is 8.84. The lowest BCUT2D eigenvalue weighted by atomic mass is 9.74. The third-order valence-corrected chi connectivity index (χ3v) is 6.22. The van der Waals surface area contributed by atoms with Gasteiger partial charge < -0.3 is 4.74 Å². The Hall–Kier alpha value is -0.420. The minimum absolute atomic E-state index is 0.115. The Labute approximate surface area is 115 Å². The van der Waals surface area contributed by atoms with Crippen molar-refractivity contribution in [2.45, 2.75) is 62.7 Å². The second-order valence-electron chi connectivity index (χ2n) is 6.16. The zero-order valence-electron chi connectivity index (χ0n) is 11.9. The molecule has 2 aliphatic rings. The van der Waals surface area contributed by atoms with Crippen LogP contribution in [0, 0.1) is 5.92 Å². The van der Waals surface area contributed by atoms with E-state index < -0.39 is 15.1 Å². The fourth-order valence-corrected chi connectivity index (χ4v) is 3.97. The summed E-state index contributed by atoms with van der Waals surface area (Å²) in [6, 6.07) is 0. The number of sulfone groups is 1. The van der Waals surface area contributed by atoms with E-state index in [1.54, 1.807) is 0 Å². The van der Waals surface area contributed by atoms with Crippen molar-refractivity contribution in [1.82, 2.24) is 0 Å². The van der Waals surface area contributed by atoms with E-state index >= 15 is 0 Å². The molecule has 5 heteroatoms. The van der Waals surface area contributed by atoms with Crippen LogP contribution < -0.4 is 0 Å². The Morgan fingerprint density at radius 2 is 1.89 bits per heavy atom. The Bertz CT molecular complexity index is 429. The maximum Gasteiger partial charge on any atom is 0.157 e. The number of Topliss-reactive ketones (excluding diaryl/α,β-unsaturated/α-hetero) is 1. The number of carbonyl (C=O) groups excluding carboxylic acids is 1. The summed E-state index contributed by atoms with van der Waals surface area (Å²) in [7, 11) is -3.28. The molecule has 0 N–H and O–H groups in total. The lowest BCUT2D eigenvalue weighted by Gasteiger charge is -2.43. The smallest absolute Gasteiger partial charge is 0.157 e. The predicted molar refractivity (Wildman–Crippen MR) is 73.8 cm³/mol. The van der Waals surface area contributed by atoms with Gasteiger partial charge in [-0.2, -0.15) is 0 Å². The molecular weight excluding hydrogens is 264 g/mol. The fourth-order valence-electron chi connectivity index (χ4n) is 3.36. The van der Waals surface area contributed by atoms with Crippen LogP contribution in [-0.2, 0) is 19.4 Å². The van der Waals surface area contributed by atoms with E-state index in [1.807, 2.05) is 0 Å². The van der Waals surface area contributed by atoms with Gasteiger partial charge >= 0.3 is 0 Å². The monoisotopic (exact) mass is 288 g/mol. The van der Waals surface area contributed by atoms with Crippen LogP contribution in [0.2, 0.25) is 0 Å². The van der Waals surface area contributed by atoms with Crippen LogP contribution in [0.3, 0.4) is 0 Å². The van der Waals surface area contributed by atoms with Crippen molar-refractivity contribution in [2.75, 3.05) is 12.9 Å². The molecule has 0 aromatic carbocycles. The van der Waals surface area contributed by atoms with E-state index in [9.17, 15) is 13.2 Å². The number of hydrogen-bond acceptors (Lipinski definition) is 4. The number of ketones is 1. The lowest BCUT2D eigenvalue weighted by molar-refractivity contribution is -0.142. The van der Waals surface area contributed by atoms with E-state index in [0.717, 1.165) is 31.9 Å². The van der Waals surface area contributed by atoms with E-state index in [2.05, 4.69) is 0 Å². The summed E-state index contributed by atoms with van der Waals surface area (Å²) in [5, 5.41) is -0.878. The second-order valence-corrected chi connectivity index (χ2v) is 8.52. The zero-order chi connectivity index (χ0) is 14.1. The lowest BCUT2D eigenvalue weighted by Crippen LogP contribution is -2.45. The summed E-state index contributed by atoms with van der Waals surface area (Å²) in [5.41, 5.74) is -0.145. The first-order valence-electron chi connectivity index (χ1n) is 7.21. The highest BCUT2D eigenvalue weighted by Crippen LogP contribution is 2.41. The molecule has 1 heterocycles. The maximum atomic E-state index is 12.3. The van der Waals surface area contributed by atoms with Gasteiger partial charge in [-0.15, -0.1) is 0 Å². The van der Waals surface area contributed by atoms with E-state index in [4.69, 9.17) is 4.74 Å². The quantitative estimate of drug-likeness (QED) is 0.798. The molecule has 19 heavy (non-hydrogen) atoms. The third kappa shape index (κ3) is 3.37. The van der Waals surface area contributed by atoms with Crippen LogP contribution in [0.15, 0.2) is 0 Å². The molecule has 2 fully saturated rings. The van der Waals surface area contributed by atoms with Gasteiger partial charge in [-0.05, 0) is 32.6 Å². The molecule has 0 radical (unpaired) electrons. The first-order valence-corrected chi connectivity index (χ1v) is 9.16. The highest BCUT2D eigenvalue weighted by Gasteiger charge is 2.42. The second kappa shape index (κ2) is 5.52. The van der Waals surface area contributed by atoms with Crippen LogP contribution in [0.4, 0.5) is 0 Å². The minimum Gasteiger partial charge on any atom is -0.375 e. The van der Waals surface area contributed by atoms with Crippen molar-refractivity contribution >= 4 is 15.6 Å². The summed E-state index contributed by atoms with van der Waals surface area (Å²) >= 11 is 0. The van der Waals surface area contributed by atoms with Crippen LogP contribution in [0.1, 0.15) is 51.9 Å². The van der Waals surface area contributed by atoms with Crippen molar-refractivity contribution in [3.8, 4) is 0 Å². The Balaban J connectivity index is 2.07. The molecule has 0 amide bonds. The maximum absolute atomic E-state index is 12.3. The van der Waals surface area contributed by atoms with Crippen LogP contribution >= 0.6 is 0 Å². The highest BCUT2D eigenvalue weighted by atomic mass is 32.2. The summed E-state index contributed by atoms with van der Waals surface area (Å²) in [6.07, 6.45) is 8.11. The van der Waals surface area contributed by atoms with Gasteiger partial charge in [0.2, 0.25) is 0 Å². The normalized spacial score (nSPS) is 29.1. The first kappa shape index (κ1) is 15.0. The van der Waals surface area contributed by atoms with Crippen LogP contribution in [0.5, 0.6) is 0 Å².